The first kappa shape index (κ1) is 16.7. The summed E-state index contributed by atoms with van der Waals surface area (Å²) >= 11 is 0. The van der Waals surface area contributed by atoms with Gasteiger partial charge in [0.05, 0.1) is 13.7 Å². The number of benzene rings is 1. The number of methoxy groups -OCH3 is 1. The van der Waals surface area contributed by atoms with Gasteiger partial charge in [-0.15, -0.1) is 0 Å². The Kier molecular flexibility index (Phi) is 5.09. The van der Waals surface area contributed by atoms with Gasteiger partial charge in [-0.3, -0.25) is 4.68 Å². The van der Waals surface area contributed by atoms with Gasteiger partial charge in [0, 0.05) is 18.4 Å². The van der Waals surface area contributed by atoms with E-state index in [1.54, 1.807) is 24.3 Å². The Bertz CT molecular complexity index is 653. The Morgan fingerprint density at radius 3 is 2.52 bits per heavy atom. The second-order valence-corrected chi connectivity index (χ2v) is 4.57. The summed E-state index contributed by atoms with van der Waals surface area (Å²) in [6.07, 6.45) is -3.25. The maximum absolute atomic E-state index is 12.4. The van der Waals surface area contributed by atoms with Crippen molar-refractivity contribution in [2.45, 2.75) is 12.7 Å². The van der Waals surface area contributed by atoms with Gasteiger partial charge < -0.3 is 15.4 Å². The van der Waals surface area contributed by atoms with Crippen molar-refractivity contribution in [3.63, 3.8) is 0 Å². The molecule has 0 aliphatic rings. The molecule has 0 spiro atoms. The van der Waals surface area contributed by atoms with Gasteiger partial charge in [0.25, 0.3) is 0 Å². The zero-order valence-corrected chi connectivity index (χ0v) is 12.2. The Hall–Kier alpha value is -2.71. The van der Waals surface area contributed by atoms with Crippen molar-refractivity contribution in [3.8, 4) is 5.75 Å². The van der Waals surface area contributed by atoms with Gasteiger partial charge in [-0.25, -0.2) is 4.79 Å². The number of anilines is 1. The number of carbonyl (C=O) groups is 1. The Balaban J connectivity index is 1.77. The molecule has 6 nitrogen and oxygen atoms in total. The van der Waals surface area contributed by atoms with Crippen LogP contribution in [0.4, 0.5) is 23.7 Å². The van der Waals surface area contributed by atoms with E-state index in [4.69, 9.17) is 4.74 Å². The number of rotatable bonds is 5. The van der Waals surface area contributed by atoms with Gasteiger partial charge in [0.15, 0.2) is 5.69 Å². The lowest BCUT2D eigenvalue weighted by atomic mass is 10.3. The molecule has 0 atom stereocenters. The van der Waals surface area contributed by atoms with Crippen molar-refractivity contribution in [1.29, 1.82) is 0 Å². The number of alkyl halides is 3. The number of nitrogens with zero attached hydrogens (tertiary/aromatic N) is 2. The molecule has 1 aromatic heterocycles. The maximum atomic E-state index is 12.4. The highest BCUT2D eigenvalue weighted by molar-refractivity contribution is 5.89. The summed E-state index contributed by atoms with van der Waals surface area (Å²) in [6.45, 7) is 0.271. The number of ether oxygens (including phenoxy) is 1. The minimum atomic E-state index is -4.47. The molecular formula is C14H15F3N4O2. The average molecular weight is 328 g/mol. The molecule has 0 saturated heterocycles. The molecule has 0 aliphatic heterocycles. The predicted octanol–water partition coefficient (Wildman–Crippen LogP) is 2.73. The van der Waals surface area contributed by atoms with E-state index in [1.807, 2.05) is 0 Å². The zero-order valence-electron chi connectivity index (χ0n) is 12.2. The summed E-state index contributed by atoms with van der Waals surface area (Å²) in [6, 6.07) is 7.15. The topological polar surface area (TPSA) is 68.2 Å². The standard InChI is InChI=1S/C14H15F3N4O2/c1-23-11-4-2-10(3-5-11)19-13(22)18-7-9-21-8-6-12(20-21)14(15,16)17/h2-6,8H,7,9H2,1H3,(H2,18,19,22). The van der Waals surface area contributed by atoms with Crippen LogP contribution >= 0.6 is 0 Å². The average Bonchev–Trinajstić information content (AvgIpc) is 2.97. The third kappa shape index (κ3) is 4.90. The number of halogens is 3. The van der Waals surface area contributed by atoms with E-state index < -0.39 is 17.9 Å². The fourth-order valence-electron chi connectivity index (χ4n) is 1.77. The summed E-state index contributed by atoms with van der Waals surface area (Å²) in [5.41, 5.74) is -0.387. The minimum Gasteiger partial charge on any atom is -0.497 e. The normalized spacial score (nSPS) is 11.1. The van der Waals surface area contributed by atoms with Gasteiger partial charge in [-0.05, 0) is 30.3 Å². The van der Waals surface area contributed by atoms with E-state index in [2.05, 4.69) is 15.7 Å². The lowest BCUT2D eigenvalue weighted by Gasteiger charge is -2.08. The number of aromatic nitrogens is 2. The zero-order chi connectivity index (χ0) is 16.9. The van der Waals surface area contributed by atoms with Crippen LogP contribution in [0.1, 0.15) is 5.69 Å². The first-order chi connectivity index (χ1) is 10.9. The summed E-state index contributed by atoms with van der Waals surface area (Å²) < 4.78 is 43.3. The molecule has 0 unspecified atom stereocenters. The molecule has 2 amide bonds. The van der Waals surface area contributed by atoms with E-state index in [9.17, 15) is 18.0 Å². The van der Waals surface area contributed by atoms with Crippen molar-refractivity contribution in [3.05, 3.63) is 42.2 Å². The number of nitrogens with one attached hydrogen (secondary N) is 2. The highest BCUT2D eigenvalue weighted by Gasteiger charge is 2.33. The fraction of sp³-hybridized carbons (Fsp3) is 0.286. The smallest absolute Gasteiger partial charge is 0.435 e. The van der Waals surface area contributed by atoms with Crippen LogP contribution in [0.15, 0.2) is 36.5 Å². The summed E-state index contributed by atoms with van der Waals surface area (Å²) in [5, 5.41) is 8.51. The van der Waals surface area contributed by atoms with Gasteiger partial charge in [0.1, 0.15) is 5.75 Å². The van der Waals surface area contributed by atoms with Crippen LogP contribution in [0.5, 0.6) is 5.75 Å². The molecule has 0 radical (unpaired) electrons. The molecule has 0 fully saturated rings. The highest BCUT2D eigenvalue weighted by atomic mass is 19.4. The molecule has 124 valence electrons. The lowest BCUT2D eigenvalue weighted by molar-refractivity contribution is -0.141. The number of urea groups is 1. The Morgan fingerprint density at radius 2 is 1.96 bits per heavy atom. The summed E-state index contributed by atoms with van der Waals surface area (Å²) in [5.74, 6) is 0.662. The lowest BCUT2D eigenvalue weighted by Crippen LogP contribution is -2.31. The minimum absolute atomic E-state index is 0.131. The SMILES string of the molecule is COc1ccc(NC(=O)NCCn2ccc(C(F)(F)F)n2)cc1. The van der Waals surface area contributed by atoms with Gasteiger partial charge >= 0.3 is 12.2 Å². The second kappa shape index (κ2) is 7.03. The number of hydrogen-bond donors (Lipinski definition) is 2. The molecular weight excluding hydrogens is 313 g/mol. The van der Waals surface area contributed by atoms with Gasteiger partial charge in [-0.1, -0.05) is 0 Å². The fourth-order valence-corrected chi connectivity index (χ4v) is 1.77. The van der Waals surface area contributed by atoms with E-state index in [-0.39, 0.29) is 13.1 Å². The first-order valence-corrected chi connectivity index (χ1v) is 6.68. The van der Waals surface area contributed by atoms with Gasteiger partial charge in [0.2, 0.25) is 0 Å². The number of carbonyl (C=O) groups excluding carboxylic acids is 1. The Morgan fingerprint density at radius 1 is 1.26 bits per heavy atom. The van der Waals surface area contributed by atoms with Crippen LogP contribution in [-0.4, -0.2) is 29.5 Å². The van der Waals surface area contributed by atoms with Crippen LogP contribution in [0.25, 0.3) is 0 Å². The summed E-state index contributed by atoms with van der Waals surface area (Å²) in [7, 11) is 1.54. The van der Waals surface area contributed by atoms with Crippen LogP contribution in [0.2, 0.25) is 0 Å². The molecule has 9 heteroatoms. The third-order valence-electron chi connectivity index (χ3n) is 2.91. The van der Waals surface area contributed by atoms with Crippen LogP contribution in [0.3, 0.4) is 0 Å². The van der Waals surface area contributed by atoms with Crippen molar-refractivity contribution in [2.24, 2.45) is 0 Å². The monoisotopic (exact) mass is 328 g/mol. The second-order valence-electron chi connectivity index (χ2n) is 4.57. The molecule has 2 rings (SSSR count). The highest BCUT2D eigenvalue weighted by Crippen LogP contribution is 2.27. The molecule has 1 heterocycles. The predicted molar refractivity (Wildman–Crippen MR) is 77.2 cm³/mol. The van der Waals surface area contributed by atoms with E-state index in [0.717, 1.165) is 10.7 Å². The molecule has 23 heavy (non-hydrogen) atoms. The molecule has 0 saturated carbocycles. The number of amides is 2. The maximum Gasteiger partial charge on any atom is 0.435 e. The summed E-state index contributed by atoms with van der Waals surface area (Å²) in [4.78, 5) is 11.7. The number of hydrogen-bond acceptors (Lipinski definition) is 3. The van der Waals surface area contributed by atoms with Crippen molar-refractivity contribution in [1.82, 2.24) is 15.1 Å². The van der Waals surface area contributed by atoms with Crippen molar-refractivity contribution < 1.29 is 22.7 Å². The molecule has 0 aliphatic carbocycles. The van der Waals surface area contributed by atoms with E-state index in [1.165, 1.54) is 13.3 Å². The van der Waals surface area contributed by atoms with Crippen LogP contribution in [0, 0.1) is 0 Å². The molecule has 0 bridgehead atoms. The van der Waals surface area contributed by atoms with E-state index in [0.29, 0.717) is 11.4 Å². The first-order valence-electron chi connectivity index (χ1n) is 6.68. The van der Waals surface area contributed by atoms with Crippen molar-refractivity contribution in [2.75, 3.05) is 19.0 Å². The molecule has 2 N–H and O–H groups in total. The van der Waals surface area contributed by atoms with Crippen molar-refractivity contribution >= 4 is 11.7 Å². The largest absolute Gasteiger partial charge is 0.497 e. The third-order valence-corrected chi connectivity index (χ3v) is 2.91. The van der Waals surface area contributed by atoms with Gasteiger partial charge in [-0.2, -0.15) is 18.3 Å². The van der Waals surface area contributed by atoms with Crippen LogP contribution in [-0.2, 0) is 12.7 Å². The molecule has 2 aromatic rings. The molecule has 1 aromatic carbocycles. The Labute approximate surface area is 130 Å². The van der Waals surface area contributed by atoms with Crippen LogP contribution < -0.4 is 15.4 Å². The quantitative estimate of drug-likeness (QED) is 0.887. The van der Waals surface area contributed by atoms with E-state index >= 15 is 0 Å².